The van der Waals surface area contributed by atoms with Gasteiger partial charge in [0.25, 0.3) is 0 Å². The summed E-state index contributed by atoms with van der Waals surface area (Å²) in [6.45, 7) is 0.762. The molecule has 4 heteroatoms. The van der Waals surface area contributed by atoms with Crippen molar-refractivity contribution in [1.29, 1.82) is 0 Å². The smallest absolute Gasteiger partial charge is 0.122 e. The maximum absolute atomic E-state index is 6.38. The number of hydrogen-bond donors (Lipinski definition) is 1. The van der Waals surface area contributed by atoms with Crippen LogP contribution in [0.5, 0.6) is 5.75 Å². The summed E-state index contributed by atoms with van der Waals surface area (Å²) in [4.78, 5) is 5.36. The number of nitrogens with two attached hydrogens (primary N) is 1. The first kappa shape index (κ1) is 11.7. The molecule has 94 valence electrons. The molecule has 3 rings (SSSR count). The highest BCUT2D eigenvalue weighted by Gasteiger charge is 2.26. The minimum Gasteiger partial charge on any atom is -0.493 e. The third-order valence-corrected chi connectivity index (χ3v) is 4.24. The van der Waals surface area contributed by atoms with Crippen LogP contribution in [0, 0.1) is 0 Å². The van der Waals surface area contributed by atoms with Crippen molar-refractivity contribution >= 4 is 11.3 Å². The molecule has 1 aliphatic rings. The summed E-state index contributed by atoms with van der Waals surface area (Å²) in [6, 6.07) is 8.36. The zero-order chi connectivity index (χ0) is 12.4. The number of hydrogen-bond acceptors (Lipinski definition) is 4. The molecule has 3 nitrogen and oxygen atoms in total. The molecule has 0 saturated heterocycles. The molecule has 2 aromatic rings. The zero-order valence-electron chi connectivity index (χ0n) is 10.1. The van der Waals surface area contributed by atoms with Gasteiger partial charge in [-0.1, -0.05) is 18.2 Å². The number of ether oxygens (including phenoxy) is 1. The van der Waals surface area contributed by atoms with Crippen molar-refractivity contribution in [1.82, 2.24) is 4.98 Å². The topological polar surface area (TPSA) is 48.1 Å². The van der Waals surface area contributed by atoms with Crippen LogP contribution in [0.15, 0.2) is 36.0 Å². The van der Waals surface area contributed by atoms with Crippen LogP contribution in [0.4, 0.5) is 0 Å². The Morgan fingerprint density at radius 1 is 1.44 bits per heavy atom. The Balaban J connectivity index is 1.80. The second-order valence-electron chi connectivity index (χ2n) is 4.62. The third-order valence-electron chi connectivity index (χ3n) is 3.44. The first-order valence-corrected chi connectivity index (χ1v) is 7.07. The zero-order valence-corrected chi connectivity index (χ0v) is 10.9. The summed E-state index contributed by atoms with van der Waals surface area (Å²) in [7, 11) is 0. The summed E-state index contributed by atoms with van der Waals surface area (Å²) >= 11 is 1.67. The molecule has 1 aliphatic heterocycles. The molecule has 0 aliphatic carbocycles. The van der Waals surface area contributed by atoms with Crippen LogP contribution >= 0.6 is 11.3 Å². The number of benzene rings is 1. The number of para-hydroxylation sites is 1. The third kappa shape index (κ3) is 2.26. The molecule has 0 fully saturated rings. The molecule has 0 radical (unpaired) electrons. The monoisotopic (exact) mass is 260 g/mol. The van der Waals surface area contributed by atoms with E-state index in [-0.39, 0.29) is 6.04 Å². The SMILES string of the molecule is NC(Cc1cncs1)C1CCOc2ccccc21. The summed E-state index contributed by atoms with van der Waals surface area (Å²) in [6.07, 6.45) is 3.80. The van der Waals surface area contributed by atoms with E-state index in [2.05, 4.69) is 17.1 Å². The fourth-order valence-electron chi connectivity index (χ4n) is 2.53. The Labute approximate surface area is 111 Å². The van der Waals surface area contributed by atoms with Gasteiger partial charge in [0.1, 0.15) is 5.75 Å². The van der Waals surface area contributed by atoms with E-state index >= 15 is 0 Å². The van der Waals surface area contributed by atoms with Crippen LogP contribution in [0.3, 0.4) is 0 Å². The van der Waals surface area contributed by atoms with Crippen LogP contribution in [0.1, 0.15) is 22.8 Å². The molecule has 0 saturated carbocycles. The number of nitrogens with zero attached hydrogens (tertiary/aromatic N) is 1. The van der Waals surface area contributed by atoms with E-state index in [1.807, 2.05) is 23.8 Å². The molecular formula is C14H16N2OS. The fourth-order valence-corrected chi connectivity index (χ4v) is 3.20. The lowest BCUT2D eigenvalue weighted by Crippen LogP contribution is -2.33. The molecule has 2 N–H and O–H groups in total. The quantitative estimate of drug-likeness (QED) is 0.922. The molecule has 2 atom stereocenters. The van der Waals surface area contributed by atoms with Crippen LogP contribution in [-0.2, 0) is 6.42 Å². The van der Waals surface area contributed by atoms with E-state index in [9.17, 15) is 0 Å². The number of aromatic nitrogens is 1. The van der Waals surface area contributed by atoms with Crippen molar-refractivity contribution in [3.8, 4) is 5.75 Å². The number of thiazole rings is 1. The van der Waals surface area contributed by atoms with Crippen LogP contribution in [0.25, 0.3) is 0 Å². The van der Waals surface area contributed by atoms with Crippen molar-refractivity contribution in [2.24, 2.45) is 5.73 Å². The van der Waals surface area contributed by atoms with Gasteiger partial charge in [0.15, 0.2) is 0 Å². The fraction of sp³-hybridized carbons (Fsp3) is 0.357. The minimum absolute atomic E-state index is 0.135. The lowest BCUT2D eigenvalue weighted by atomic mass is 9.85. The van der Waals surface area contributed by atoms with Crippen LogP contribution in [-0.4, -0.2) is 17.6 Å². The molecule has 2 unspecified atom stereocenters. The molecule has 2 heterocycles. The van der Waals surface area contributed by atoms with Crippen molar-refractivity contribution in [2.75, 3.05) is 6.61 Å². The van der Waals surface area contributed by atoms with Gasteiger partial charge in [-0.25, -0.2) is 0 Å². The largest absolute Gasteiger partial charge is 0.493 e. The maximum atomic E-state index is 6.38. The van der Waals surface area contributed by atoms with Crippen molar-refractivity contribution < 1.29 is 4.74 Å². The van der Waals surface area contributed by atoms with Crippen LogP contribution in [0.2, 0.25) is 0 Å². The second kappa shape index (κ2) is 5.08. The van der Waals surface area contributed by atoms with E-state index in [0.717, 1.165) is 25.2 Å². The Morgan fingerprint density at radius 3 is 3.17 bits per heavy atom. The Kier molecular flexibility index (Phi) is 3.30. The molecular weight excluding hydrogens is 244 g/mol. The predicted octanol–water partition coefficient (Wildman–Crippen LogP) is 2.58. The first-order chi connectivity index (χ1) is 8.84. The number of fused-ring (bicyclic) bond motifs is 1. The lowest BCUT2D eigenvalue weighted by molar-refractivity contribution is 0.255. The van der Waals surface area contributed by atoms with Gasteiger partial charge in [-0.3, -0.25) is 4.98 Å². The van der Waals surface area contributed by atoms with Gasteiger partial charge >= 0.3 is 0 Å². The average molecular weight is 260 g/mol. The predicted molar refractivity (Wildman–Crippen MR) is 73.1 cm³/mol. The van der Waals surface area contributed by atoms with E-state index < -0.39 is 0 Å². The van der Waals surface area contributed by atoms with Gasteiger partial charge in [0.05, 0.1) is 12.1 Å². The van der Waals surface area contributed by atoms with Gasteiger partial charge in [0.2, 0.25) is 0 Å². The normalized spacial score (nSPS) is 19.9. The molecule has 1 aromatic heterocycles. The summed E-state index contributed by atoms with van der Waals surface area (Å²) in [5, 5.41) is 0. The Bertz CT molecular complexity index is 512. The van der Waals surface area contributed by atoms with Gasteiger partial charge in [0, 0.05) is 23.0 Å². The highest BCUT2D eigenvalue weighted by Crippen LogP contribution is 2.35. The summed E-state index contributed by atoms with van der Waals surface area (Å²) in [5.74, 6) is 1.38. The van der Waals surface area contributed by atoms with Crippen molar-refractivity contribution in [3.05, 3.63) is 46.4 Å². The highest BCUT2D eigenvalue weighted by atomic mass is 32.1. The molecule has 0 amide bonds. The highest BCUT2D eigenvalue weighted by molar-refractivity contribution is 7.09. The standard InChI is InChI=1S/C14H16N2OS/c15-13(7-10-8-16-9-18-10)11-5-6-17-14-4-2-1-3-12(11)14/h1-4,8-9,11,13H,5-7,15H2. The molecule has 0 spiro atoms. The van der Waals surface area contributed by atoms with E-state index in [1.54, 1.807) is 11.3 Å². The van der Waals surface area contributed by atoms with E-state index in [0.29, 0.717) is 5.92 Å². The van der Waals surface area contributed by atoms with E-state index in [4.69, 9.17) is 10.5 Å². The first-order valence-electron chi connectivity index (χ1n) is 6.19. The molecule has 18 heavy (non-hydrogen) atoms. The minimum atomic E-state index is 0.135. The van der Waals surface area contributed by atoms with Gasteiger partial charge < -0.3 is 10.5 Å². The molecule has 1 aromatic carbocycles. The van der Waals surface area contributed by atoms with Gasteiger partial charge in [-0.15, -0.1) is 11.3 Å². The molecule has 0 bridgehead atoms. The van der Waals surface area contributed by atoms with E-state index in [1.165, 1.54) is 10.4 Å². The number of rotatable bonds is 3. The van der Waals surface area contributed by atoms with Crippen LogP contribution < -0.4 is 10.5 Å². The van der Waals surface area contributed by atoms with Gasteiger partial charge in [-0.2, -0.15) is 0 Å². The second-order valence-corrected chi connectivity index (χ2v) is 5.59. The summed E-state index contributed by atoms with van der Waals surface area (Å²) in [5.41, 5.74) is 9.49. The lowest BCUT2D eigenvalue weighted by Gasteiger charge is -2.30. The van der Waals surface area contributed by atoms with Crippen molar-refractivity contribution in [3.63, 3.8) is 0 Å². The Hall–Kier alpha value is -1.39. The maximum Gasteiger partial charge on any atom is 0.122 e. The average Bonchev–Trinajstić information content (AvgIpc) is 2.91. The summed E-state index contributed by atoms with van der Waals surface area (Å²) < 4.78 is 5.67. The van der Waals surface area contributed by atoms with Gasteiger partial charge in [-0.05, 0) is 24.5 Å². The van der Waals surface area contributed by atoms with Crippen molar-refractivity contribution in [2.45, 2.75) is 24.8 Å². The Morgan fingerprint density at radius 2 is 2.33 bits per heavy atom.